The maximum atomic E-state index is 12.2. The van der Waals surface area contributed by atoms with Crippen LogP contribution in [0, 0.1) is 0 Å². The van der Waals surface area contributed by atoms with Gasteiger partial charge in [0.15, 0.2) is 5.78 Å². The van der Waals surface area contributed by atoms with Gasteiger partial charge in [-0.1, -0.05) is 93.1 Å². The molecule has 0 bridgehead atoms. The van der Waals surface area contributed by atoms with Gasteiger partial charge >= 0.3 is 0 Å². The van der Waals surface area contributed by atoms with Crippen LogP contribution in [0.15, 0.2) is 6.07 Å². The Morgan fingerprint density at radius 1 is 0.870 bits per heavy atom. The lowest BCUT2D eigenvalue weighted by Crippen LogP contribution is -2.01. The molecule has 0 unspecified atom stereocenters. The van der Waals surface area contributed by atoms with E-state index in [4.69, 9.17) is 34.8 Å². The Bertz CT molecular complexity index is 515. The van der Waals surface area contributed by atoms with Crippen molar-refractivity contribution in [1.29, 1.82) is 0 Å². The molecule has 5 heteroatoms. The minimum atomic E-state index is -0.212. The zero-order valence-electron chi connectivity index (χ0n) is 13.6. The Hall–Kier alpha value is -0.440. The van der Waals surface area contributed by atoms with E-state index in [1.54, 1.807) is 0 Å². The number of Topliss-reactive ketones (excluding diaryl/α,β-unsaturated/α-hetero) is 1. The van der Waals surface area contributed by atoms with Crippen LogP contribution >= 0.6 is 34.8 Å². The molecule has 0 heterocycles. The summed E-state index contributed by atoms with van der Waals surface area (Å²) >= 11 is 17.7. The Labute approximate surface area is 154 Å². The second-order valence-electron chi connectivity index (χ2n) is 5.89. The number of carbonyl (C=O) groups is 1. The largest absolute Gasteiger partial charge is 0.506 e. The number of hydrogen-bond acceptors (Lipinski definition) is 2. The third-order valence-electron chi connectivity index (χ3n) is 3.94. The molecule has 0 fully saturated rings. The fraction of sp³-hybridized carbons (Fsp3) is 0.611. The number of rotatable bonds is 11. The number of hydrogen-bond donors (Lipinski definition) is 1. The number of aromatic hydroxyl groups is 1. The number of benzene rings is 1. The lowest BCUT2D eigenvalue weighted by molar-refractivity contribution is 0.0979. The van der Waals surface area contributed by atoms with Gasteiger partial charge in [-0.05, 0) is 12.5 Å². The molecule has 0 aliphatic rings. The maximum absolute atomic E-state index is 12.2. The van der Waals surface area contributed by atoms with Crippen LogP contribution in [-0.2, 0) is 0 Å². The average Bonchev–Trinajstić information content (AvgIpc) is 2.54. The standard InChI is InChI=1S/C18H25Cl3O2/c1-2-3-4-5-6-7-8-9-10-11-14(22)13-12-15(23)17(20)18(21)16(13)19/h12,23H,2-11H2,1H3. The Kier molecular flexibility index (Phi) is 10.0. The lowest BCUT2D eigenvalue weighted by atomic mass is 10.0. The minimum Gasteiger partial charge on any atom is -0.506 e. The molecular formula is C18H25Cl3O2. The van der Waals surface area contributed by atoms with Crippen LogP contribution in [0.5, 0.6) is 5.75 Å². The number of unbranched alkanes of at least 4 members (excludes halogenated alkanes) is 8. The van der Waals surface area contributed by atoms with E-state index in [-0.39, 0.29) is 32.2 Å². The van der Waals surface area contributed by atoms with Crippen molar-refractivity contribution in [3.63, 3.8) is 0 Å². The van der Waals surface area contributed by atoms with E-state index in [0.29, 0.717) is 6.42 Å². The van der Waals surface area contributed by atoms with E-state index in [2.05, 4.69) is 6.92 Å². The van der Waals surface area contributed by atoms with E-state index < -0.39 is 0 Å². The van der Waals surface area contributed by atoms with Gasteiger partial charge in [0.2, 0.25) is 0 Å². The quantitative estimate of drug-likeness (QED) is 0.246. The topological polar surface area (TPSA) is 37.3 Å². The van der Waals surface area contributed by atoms with Gasteiger partial charge in [-0.15, -0.1) is 0 Å². The summed E-state index contributed by atoms with van der Waals surface area (Å²) in [5, 5.41) is 9.79. The van der Waals surface area contributed by atoms with Crippen molar-refractivity contribution in [2.75, 3.05) is 0 Å². The number of ketones is 1. The molecule has 1 rings (SSSR count). The van der Waals surface area contributed by atoms with Gasteiger partial charge in [0.25, 0.3) is 0 Å². The minimum absolute atomic E-state index is 0.0173. The predicted octanol–water partition coefficient (Wildman–Crippen LogP) is 7.46. The second-order valence-corrected chi connectivity index (χ2v) is 7.02. The summed E-state index contributed by atoms with van der Waals surface area (Å²) in [4.78, 5) is 12.2. The molecule has 1 N–H and O–H groups in total. The van der Waals surface area contributed by atoms with E-state index in [1.165, 1.54) is 44.6 Å². The highest BCUT2D eigenvalue weighted by molar-refractivity contribution is 6.49. The molecule has 1 aromatic rings. The number of phenolic OH excluding ortho intramolecular Hbond substituents is 1. The molecule has 0 amide bonds. The van der Waals surface area contributed by atoms with Crippen LogP contribution in [0.2, 0.25) is 15.1 Å². The fourth-order valence-corrected chi connectivity index (χ4v) is 3.17. The highest BCUT2D eigenvalue weighted by atomic mass is 35.5. The molecule has 1 aromatic carbocycles. The summed E-state index contributed by atoms with van der Waals surface area (Å²) in [7, 11) is 0. The van der Waals surface area contributed by atoms with Crippen molar-refractivity contribution in [2.24, 2.45) is 0 Å². The van der Waals surface area contributed by atoms with Gasteiger partial charge in [-0.2, -0.15) is 0 Å². The SMILES string of the molecule is CCCCCCCCCCCC(=O)c1cc(O)c(Cl)c(Cl)c1Cl. The van der Waals surface area contributed by atoms with Crippen molar-refractivity contribution in [3.05, 3.63) is 26.7 Å². The summed E-state index contributed by atoms with van der Waals surface area (Å²) in [6.45, 7) is 2.22. The summed E-state index contributed by atoms with van der Waals surface area (Å²) in [6.07, 6.45) is 11.2. The maximum Gasteiger partial charge on any atom is 0.164 e. The smallest absolute Gasteiger partial charge is 0.164 e. The molecule has 0 aliphatic carbocycles. The van der Waals surface area contributed by atoms with Gasteiger partial charge < -0.3 is 5.11 Å². The van der Waals surface area contributed by atoms with Crippen LogP contribution in [0.3, 0.4) is 0 Å². The van der Waals surface area contributed by atoms with Crippen molar-refractivity contribution < 1.29 is 9.90 Å². The zero-order valence-corrected chi connectivity index (χ0v) is 15.9. The molecule has 0 radical (unpaired) electrons. The first kappa shape index (κ1) is 20.6. The van der Waals surface area contributed by atoms with E-state index >= 15 is 0 Å². The van der Waals surface area contributed by atoms with E-state index in [9.17, 15) is 9.90 Å². The molecule has 0 spiro atoms. The van der Waals surface area contributed by atoms with Crippen molar-refractivity contribution in [2.45, 2.75) is 71.1 Å². The third kappa shape index (κ3) is 6.91. The number of phenols is 1. The normalized spacial score (nSPS) is 11.0. The molecule has 2 nitrogen and oxygen atoms in total. The molecule has 0 aliphatic heterocycles. The summed E-state index contributed by atoms with van der Waals surface area (Å²) in [5.41, 5.74) is 0.248. The molecular weight excluding hydrogens is 355 g/mol. The molecule has 0 aromatic heterocycles. The summed E-state index contributed by atoms with van der Waals surface area (Å²) in [5.74, 6) is -0.316. The first-order chi connectivity index (χ1) is 11.0. The van der Waals surface area contributed by atoms with Crippen LogP contribution in [0.4, 0.5) is 0 Å². The first-order valence-electron chi connectivity index (χ1n) is 8.38. The van der Waals surface area contributed by atoms with Gasteiger partial charge in [0, 0.05) is 12.0 Å². The third-order valence-corrected chi connectivity index (χ3v) is 5.28. The Morgan fingerprint density at radius 3 is 1.96 bits per heavy atom. The average molecular weight is 380 g/mol. The highest BCUT2D eigenvalue weighted by Gasteiger charge is 2.18. The summed E-state index contributed by atoms with van der Waals surface area (Å²) < 4.78 is 0. The van der Waals surface area contributed by atoms with Crippen molar-refractivity contribution in [3.8, 4) is 5.75 Å². The summed E-state index contributed by atoms with van der Waals surface area (Å²) in [6, 6.07) is 1.30. The van der Waals surface area contributed by atoms with Gasteiger partial charge in [-0.25, -0.2) is 0 Å². The van der Waals surface area contributed by atoms with Crippen LogP contribution in [-0.4, -0.2) is 10.9 Å². The van der Waals surface area contributed by atoms with Crippen LogP contribution in [0.25, 0.3) is 0 Å². The van der Waals surface area contributed by atoms with E-state index in [0.717, 1.165) is 19.3 Å². The number of halogens is 3. The highest BCUT2D eigenvalue weighted by Crippen LogP contribution is 2.39. The molecule has 0 saturated heterocycles. The zero-order chi connectivity index (χ0) is 17.2. The predicted molar refractivity (Wildman–Crippen MR) is 99.3 cm³/mol. The first-order valence-corrected chi connectivity index (χ1v) is 9.52. The monoisotopic (exact) mass is 378 g/mol. The Balaban J connectivity index is 2.30. The van der Waals surface area contributed by atoms with Gasteiger partial charge in [0.05, 0.1) is 10.0 Å². The second kappa shape index (κ2) is 11.2. The fourth-order valence-electron chi connectivity index (χ4n) is 2.52. The van der Waals surface area contributed by atoms with Crippen LogP contribution in [0.1, 0.15) is 81.5 Å². The van der Waals surface area contributed by atoms with Gasteiger partial charge in [0.1, 0.15) is 10.8 Å². The Morgan fingerprint density at radius 2 is 1.39 bits per heavy atom. The molecule has 0 saturated carbocycles. The molecule has 130 valence electrons. The van der Waals surface area contributed by atoms with Crippen molar-refractivity contribution in [1.82, 2.24) is 0 Å². The van der Waals surface area contributed by atoms with Gasteiger partial charge in [-0.3, -0.25) is 4.79 Å². The number of carbonyl (C=O) groups excluding carboxylic acids is 1. The van der Waals surface area contributed by atoms with E-state index in [1.807, 2.05) is 0 Å². The lowest BCUT2D eigenvalue weighted by Gasteiger charge is -2.08. The van der Waals surface area contributed by atoms with Crippen LogP contribution < -0.4 is 0 Å². The molecule has 0 atom stereocenters. The van der Waals surface area contributed by atoms with Crippen molar-refractivity contribution >= 4 is 40.6 Å². The molecule has 23 heavy (non-hydrogen) atoms.